The average molecular weight is 174 g/mol. The fraction of sp³-hybridized carbons (Fsp3) is 0.182. The molecule has 0 unspecified atom stereocenters. The molecule has 2 heteroatoms. The first-order valence-electron chi connectivity index (χ1n) is 4.22. The zero-order valence-electron chi connectivity index (χ0n) is 7.41. The molecule has 2 aromatic rings. The highest BCUT2D eigenvalue weighted by molar-refractivity contribution is 5.81. The van der Waals surface area contributed by atoms with Gasteiger partial charge in [-0.25, -0.2) is 0 Å². The minimum atomic E-state index is 0.124. The van der Waals surface area contributed by atoms with Crippen molar-refractivity contribution in [2.45, 2.75) is 13.3 Å². The monoisotopic (exact) mass is 174 g/mol. The van der Waals surface area contributed by atoms with E-state index in [1.807, 2.05) is 30.3 Å². The summed E-state index contributed by atoms with van der Waals surface area (Å²) in [5, 5.41) is 1.05. The van der Waals surface area contributed by atoms with Crippen molar-refractivity contribution in [1.82, 2.24) is 0 Å². The van der Waals surface area contributed by atoms with Gasteiger partial charge in [-0.3, -0.25) is 4.79 Å². The van der Waals surface area contributed by atoms with E-state index in [-0.39, 0.29) is 5.78 Å². The standard InChI is InChI=1S/C11H10O2/c1-8(12)6-10-7-9-4-2-3-5-11(9)13-10/h2-5,7H,6H2,1H3. The number of hydrogen-bond acceptors (Lipinski definition) is 2. The summed E-state index contributed by atoms with van der Waals surface area (Å²) in [4.78, 5) is 10.8. The third kappa shape index (κ3) is 1.61. The van der Waals surface area contributed by atoms with Gasteiger partial charge in [0.05, 0.1) is 6.42 Å². The van der Waals surface area contributed by atoms with Crippen LogP contribution in [0.15, 0.2) is 34.7 Å². The van der Waals surface area contributed by atoms with Crippen molar-refractivity contribution in [3.8, 4) is 0 Å². The fourth-order valence-corrected chi connectivity index (χ4v) is 1.37. The van der Waals surface area contributed by atoms with Gasteiger partial charge in [-0.1, -0.05) is 18.2 Å². The molecule has 1 heterocycles. The number of carbonyl (C=O) groups excluding carboxylic acids is 1. The lowest BCUT2D eigenvalue weighted by Gasteiger charge is -1.87. The van der Waals surface area contributed by atoms with Gasteiger partial charge >= 0.3 is 0 Å². The molecule has 0 saturated heterocycles. The van der Waals surface area contributed by atoms with Gasteiger partial charge in [0, 0.05) is 5.39 Å². The van der Waals surface area contributed by atoms with E-state index in [4.69, 9.17) is 4.42 Å². The molecule has 0 radical (unpaired) electrons. The second kappa shape index (κ2) is 3.05. The Morgan fingerprint density at radius 3 is 2.85 bits per heavy atom. The predicted molar refractivity (Wildman–Crippen MR) is 50.6 cm³/mol. The van der Waals surface area contributed by atoms with E-state index in [0.717, 1.165) is 16.7 Å². The summed E-state index contributed by atoms with van der Waals surface area (Å²) >= 11 is 0. The number of Topliss-reactive ketones (excluding diaryl/α,β-unsaturated/α-hetero) is 1. The van der Waals surface area contributed by atoms with E-state index in [1.54, 1.807) is 6.92 Å². The van der Waals surface area contributed by atoms with Gasteiger partial charge in [-0.15, -0.1) is 0 Å². The van der Waals surface area contributed by atoms with E-state index in [9.17, 15) is 4.79 Å². The smallest absolute Gasteiger partial charge is 0.137 e. The molecule has 0 atom stereocenters. The highest BCUT2D eigenvalue weighted by Crippen LogP contribution is 2.18. The Kier molecular flexibility index (Phi) is 1.89. The van der Waals surface area contributed by atoms with Crippen LogP contribution in [0.1, 0.15) is 12.7 Å². The van der Waals surface area contributed by atoms with Crippen LogP contribution < -0.4 is 0 Å². The molecule has 1 aromatic heterocycles. The fourth-order valence-electron chi connectivity index (χ4n) is 1.37. The summed E-state index contributed by atoms with van der Waals surface area (Å²) in [6.07, 6.45) is 0.384. The molecule has 0 amide bonds. The van der Waals surface area contributed by atoms with Crippen molar-refractivity contribution in [3.63, 3.8) is 0 Å². The molecule has 2 rings (SSSR count). The molecule has 0 spiro atoms. The first-order chi connectivity index (χ1) is 6.25. The second-order valence-corrected chi connectivity index (χ2v) is 3.13. The SMILES string of the molecule is CC(=O)Cc1cc2ccccc2o1. The Morgan fingerprint density at radius 2 is 2.15 bits per heavy atom. The summed E-state index contributed by atoms with van der Waals surface area (Å²) in [6, 6.07) is 9.66. The van der Waals surface area contributed by atoms with Crippen LogP contribution in [0.4, 0.5) is 0 Å². The van der Waals surface area contributed by atoms with Crippen molar-refractivity contribution in [3.05, 3.63) is 36.1 Å². The van der Waals surface area contributed by atoms with Crippen LogP contribution in [0.3, 0.4) is 0 Å². The Morgan fingerprint density at radius 1 is 1.38 bits per heavy atom. The van der Waals surface area contributed by atoms with Gasteiger partial charge in [0.1, 0.15) is 17.1 Å². The highest BCUT2D eigenvalue weighted by atomic mass is 16.3. The third-order valence-electron chi connectivity index (χ3n) is 1.90. The maximum atomic E-state index is 10.8. The number of fused-ring (bicyclic) bond motifs is 1. The first kappa shape index (κ1) is 8.05. The van der Waals surface area contributed by atoms with Crippen molar-refractivity contribution in [1.29, 1.82) is 0 Å². The Hall–Kier alpha value is -1.57. The third-order valence-corrected chi connectivity index (χ3v) is 1.90. The van der Waals surface area contributed by atoms with Crippen LogP contribution in [0, 0.1) is 0 Å². The van der Waals surface area contributed by atoms with Crippen molar-refractivity contribution in [2.24, 2.45) is 0 Å². The quantitative estimate of drug-likeness (QED) is 0.700. The number of carbonyl (C=O) groups is 1. The van der Waals surface area contributed by atoms with Crippen LogP contribution in [0.2, 0.25) is 0 Å². The molecule has 0 aliphatic carbocycles. The molecule has 0 fully saturated rings. The average Bonchev–Trinajstić information content (AvgIpc) is 2.44. The Bertz CT molecular complexity index is 407. The number of para-hydroxylation sites is 1. The van der Waals surface area contributed by atoms with Gasteiger partial charge in [-0.2, -0.15) is 0 Å². The van der Waals surface area contributed by atoms with E-state index < -0.39 is 0 Å². The van der Waals surface area contributed by atoms with E-state index in [2.05, 4.69) is 0 Å². The van der Waals surface area contributed by atoms with Crippen LogP contribution in [-0.2, 0) is 11.2 Å². The van der Waals surface area contributed by atoms with E-state index in [0.29, 0.717) is 6.42 Å². The second-order valence-electron chi connectivity index (χ2n) is 3.13. The molecular formula is C11H10O2. The van der Waals surface area contributed by atoms with Crippen molar-refractivity contribution in [2.75, 3.05) is 0 Å². The molecule has 0 saturated carbocycles. The number of benzene rings is 1. The predicted octanol–water partition coefficient (Wildman–Crippen LogP) is 2.56. The largest absolute Gasteiger partial charge is 0.461 e. The van der Waals surface area contributed by atoms with Gasteiger partial charge in [0.25, 0.3) is 0 Å². The summed E-state index contributed by atoms with van der Waals surface area (Å²) in [5.41, 5.74) is 0.846. The molecule has 1 aromatic carbocycles. The van der Waals surface area contributed by atoms with E-state index >= 15 is 0 Å². The van der Waals surface area contributed by atoms with E-state index in [1.165, 1.54) is 0 Å². The van der Waals surface area contributed by atoms with Crippen LogP contribution in [0.5, 0.6) is 0 Å². The number of furan rings is 1. The van der Waals surface area contributed by atoms with Gasteiger partial charge in [0.15, 0.2) is 0 Å². The lowest BCUT2D eigenvalue weighted by molar-refractivity contribution is -0.116. The molecule has 13 heavy (non-hydrogen) atoms. The minimum Gasteiger partial charge on any atom is -0.461 e. The van der Waals surface area contributed by atoms with Crippen molar-refractivity contribution >= 4 is 16.8 Å². The number of hydrogen-bond donors (Lipinski definition) is 0. The zero-order chi connectivity index (χ0) is 9.26. The van der Waals surface area contributed by atoms with Crippen LogP contribution in [0.25, 0.3) is 11.0 Å². The number of ketones is 1. The van der Waals surface area contributed by atoms with Gasteiger partial charge in [-0.05, 0) is 19.1 Å². The maximum Gasteiger partial charge on any atom is 0.137 e. The van der Waals surface area contributed by atoms with Crippen LogP contribution in [-0.4, -0.2) is 5.78 Å². The lowest BCUT2D eigenvalue weighted by Crippen LogP contribution is -1.93. The molecule has 66 valence electrons. The molecule has 2 nitrogen and oxygen atoms in total. The number of rotatable bonds is 2. The van der Waals surface area contributed by atoms with Gasteiger partial charge in [0.2, 0.25) is 0 Å². The molecule has 0 aliphatic heterocycles. The molecule has 0 aliphatic rings. The van der Waals surface area contributed by atoms with Crippen molar-refractivity contribution < 1.29 is 9.21 Å². The molecular weight excluding hydrogens is 164 g/mol. The Balaban J connectivity index is 2.44. The Labute approximate surface area is 76.2 Å². The van der Waals surface area contributed by atoms with Crippen LogP contribution >= 0.6 is 0 Å². The lowest BCUT2D eigenvalue weighted by atomic mass is 10.2. The summed E-state index contributed by atoms with van der Waals surface area (Å²) in [6.45, 7) is 1.56. The first-order valence-corrected chi connectivity index (χ1v) is 4.22. The topological polar surface area (TPSA) is 30.2 Å². The molecule has 0 N–H and O–H groups in total. The highest BCUT2D eigenvalue weighted by Gasteiger charge is 2.04. The van der Waals surface area contributed by atoms with Gasteiger partial charge < -0.3 is 4.42 Å². The zero-order valence-corrected chi connectivity index (χ0v) is 7.41. The summed E-state index contributed by atoms with van der Waals surface area (Å²) in [7, 11) is 0. The summed E-state index contributed by atoms with van der Waals surface area (Å²) < 4.78 is 5.46. The maximum absolute atomic E-state index is 10.8. The summed E-state index contributed by atoms with van der Waals surface area (Å²) in [5.74, 6) is 0.868. The molecule has 0 bridgehead atoms. The minimum absolute atomic E-state index is 0.124. The normalized spacial score (nSPS) is 10.5.